The number of carbonyl (C=O) groups is 1. The number of unbranched alkanes of at least 4 members (excludes halogenated alkanes) is 1. The van der Waals surface area contributed by atoms with E-state index in [0.29, 0.717) is 11.6 Å². The zero-order valence-electron chi connectivity index (χ0n) is 14.4. The average molecular weight is 348 g/mol. The van der Waals surface area contributed by atoms with E-state index in [1.807, 2.05) is 32.2 Å². The molecule has 0 saturated carbocycles. The van der Waals surface area contributed by atoms with Crippen LogP contribution in [0.5, 0.6) is 0 Å². The molecule has 2 aromatic rings. The molecule has 130 valence electrons. The van der Waals surface area contributed by atoms with Gasteiger partial charge in [0.1, 0.15) is 17.7 Å². The maximum atomic E-state index is 12.4. The molecule has 0 saturated heterocycles. The maximum absolute atomic E-state index is 12.4. The first-order valence-electron chi connectivity index (χ1n) is 8.21. The van der Waals surface area contributed by atoms with Crippen LogP contribution in [0.25, 0.3) is 0 Å². The standard InChI is InChI=1S/C17H24N4O2S/c1-4-5-9-15(11-14-8-6-7-10-18-14)23-16(22)13(2)24-17-20-19-12-21(17)3/h6-8,10,12-13,15H,4-5,9,11H2,1-3H3. The van der Waals surface area contributed by atoms with Crippen molar-refractivity contribution in [2.45, 2.75) is 56.0 Å². The van der Waals surface area contributed by atoms with Gasteiger partial charge < -0.3 is 9.30 Å². The zero-order chi connectivity index (χ0) is 17.4. The van der Waals surface area contributed by atoms with Gasteiger partial charge in [0.15, 0.2) is 5.16 Å². The predicted octanol–water partition coefficient (Wildman–Crippen LogP) is 3.04. The van der Waals surface area contributed by atoms with Crippen LogP contribution in [0.2, 0.25) is 0 Å². The van der Waals surface area contributed by atoms with Crippen molar-refractivity contribution in [3.8, 4) is 0 Å². The lowest BCUT2D eigenvalue weighted by Crippen LogP contribution is -2.26. The second-order valence-corrected chi connectivity index (χ2v) is 7.02. The van der Waals surface area contributed by atoms with Gasteiger partial charge >= 0.3 is 5.97 Å². The Morgan fingerprint density at radius 3 is 2.88 bits per heavy atom. The van der Waals surface area contributed by atoms with E-state index >= 15 is 0 Å². The number of thioether (sulfide) groups is 1. The Hall–Kier alpha value is -1.89. The number of aromatic nitrogens is 4. The molecule has 24 heavy (non-hydrogen) atoms. The van der Waals surface area contributed by atoms with Crippen LogP contribution < -0.4 is 0 Å². The van der Waals surface area contributed by atoms with E-state index in [9.17, 15) is 4.79 Å². The summed E-state index contributed by atoms with van der Waals surface area (Å²) in [5, 5.41) is 8.19. The first-order chi connectivity index (χ1) is 11.6. The summed E-state index contributed by atoms with van der Waals surface area (Å²) in [6, 6.07) is 5.80. The summed E-state index contributed by atoms with van der Waals surface area (Å²) in [6.45, 7) is 3.96. The van der Waals surface area contributed by atoms with E-state index in [1.165, 1.54) is 11.8 Å². The van der Waals surface area contributed by atoms with Crippen LogP contribution in [0, 0.1) is 0 Å². The molecule has 2 aromatic heterocycles. The fourth-order valence-electron chi connectivity index (χ4n) is 2.23. The average Bonchev–Trinajstić information content (AvgIpc) is 2.98. The number of ether oxygens (including phenoxy) is 1. The summed E-state index contributed by atoms with van der Waals surface area (Å²) in [7, 11) is 1.85. The van der Waals surface area contributed by atoms with Crippen LogP contribution in [-0.2, 0) is 23.0 Å². The Kier molecular flexibility index (Phi) is 7.24. The highest BCUT2D eigenvalue weighted by molar-refractivity contribution is 8.00. The van der Waals surface area contributed by atoms with Crippen LogP contribution in [0.3, 0.4) is 0 Å². The minimum atomic E-state index is -0.333. The molecule has 2 rings (SSSR count). The maximum Gasteiger partial charge on any atom is 0.319 e. The highest BCUT2D eigenvalue weighted by atomic mass is 32.2. The molecule has 2 heterocycles. The molecular formula is C17H24N4O2S. The summed E-state index contributed by atoms with van der Waals surface area (Å²) in [5.74, 6) is -0.222. The lowest BCUT2D eigenvalue weighted by molar-refractivity contribution is -0.148. The van der Waals surface area contributed by atoms with Crippen molar-refractivity contribution in [1.29, 1.82) is 0 Å². The fraction of sp³-hybridized carbons (Fsp3) is 0.529. The highest BCUT2D eigenvalue weighted by Gasteiger charge is 2.22. The van der Waals surface area contributed by atoms with E-state index in [-0.39, 0.29) is 17.3 Å². The van der Waals surface area contributed by atoms with Gasteiger partial charge in [0, 0.05) is 25.4 Å². The number of rotatable bonds is 9. The van der Waals surface area contributed by atoms with E-state index in [0.717, 1.165) is 25.0 Å². The third-order valence-corrected chi connectivity index (χ3v) is 4.74. The van der Waals surface area contributed by atoms with Gasteiger partial charge in [-0.3, -0.25) is 9.78 Å². The van der Waals surface area contributed by atoms with Crippen LogP contribution >= 0.6 is 11.8 Å². The Morgan fingerprint density at radius 1 is 1.42 bits per heavy atom. The molecular weight excluding hydrogens is 324 g/mol. The minimum absolute atomic E-state index is 0.144. The number of hydrogen-bond acceptors (Lipinski definition) is 6. The molecule has 0 radical (unpaired) electrons. The molecule has 2 atom stereocenters. The molecule has 0 spiro atoms. The quantitative estimate of drug-likeness (QED) is 0.512. The van der Waals surface area contributed by atoms with Crippen molar-refractivity contribution in [1.82, 2.24) is 19.7 Å². The molecule has 0 aromatic carbocycles. The van der Waals surface area contributed by atoms with Crippen LogP contribution in [0.15, 0.2) is 35.9 Å². The van der Waals surface area contributed by atoms with Gasteiger partial charge in [0.2, 0.25) is 0 Å². The number of nitrogens with zero attached hydrogens (tertiary/aromatic N) is 4. The first-order valence-corrected chi connectivity index (χ1v) is 9.09. The van der Waals surface area contributed by atoms with Crippen molar-refractivity contribution < 1.29 is 9.53 Å². The number of carbonyl (C=O) groups excluding carboxylic acids is 1. The summed E-state index contributed by atoms with van der Waals surface area (Å²) >= 11 is 1.36. The number of pyridine rings is 1. The molecule has 0 N–H and O–H groups in total. The van der Waals surface area contributed by atoms with Gasteiger partial charge in [-0.15, -0.1) is 10.2 Å². The smallest absolute Gasteiger partial charge is 0.319 e. The molecule has 0 aliphatic heterocycles. The molecule has 0 amide bonds. The monoisotopic (exact) mass is 348 g/mol. The summed E-state index contributed by atoms with van der Waals surface area (Å²) < 4.78 is 7.54. The SMILES string of the molecule is CCCCC(Cc1ccccn1)OC(=O)C(C)Sc1nncn1C. The fourth-order valence-corrected chi connectivity index (χ4v) is 3.01. The van der Waals surface area contributed by atoms with Gasteiger partial charge in [-0.1, -0.05) is 37.6 Å². The summed E-state index contributed by atoms with van der Waals surface area (Å²) in [4.78, 5) is 16.8. The van der Waals surface area contributed by atoms with Gasteiger partial charge in [0.05, 0.1) is 0 Å². The summed E-state index contributed by atoms with van der Waals surface area (Å²) in [5.41, 5.74) is 0.944. The Labute approximate surface area is 147 Å². The lowest BCUT2D eigenvalue weighted by Gasteiger charge is -2.19. The molecule has 0 aliphatic rings. The minimum Gasteiger partial charge on any atom is -0.461 e. The van der Waals surface area contributed by atoms with Gasteiger partial charge in [-0.25, -0.2) is 0 Å². The van der Waals surface area contributed by atoms with Crippen LogP contribution in [0.4, 0.5) is 0 Å². The summed E-state index contributed by atoms with van der Waals surface area (Å²) in [6.07, 6.45) is 6.82. The van der Waals surface area contributed by atoms with Crippen LogP contribution in [0.1, 0.15) is 38.8 Å². The number of aryl methyl sites for hydroxylation is 1. The highest BCUT2D eigenvalue weighted by Crippen LogP contribution is 2.22. The molecule has 2 unspecified atom stereocenters. The number of esters is 1. The van der Waals surface area contributed by atoms with Gasteiger partial charge in [-0.2, -0.15) is 0 Å². The Morgan fingerprint density at radius 2 is 2.25 bits per heavy atom. The van der Waals surface area contributed by atoms with E-state index in [4.69, 9.17) is 4.74 Å². The third kappa shape index (κ3) is 5.63. The van der Waals surface area contributed by atoms with Crippen molar-refractivity contribution in [2.24, 2.45) is 7.05 Å². The Balaban J connectivity index is 1.94. The predicted molar refractivity (Wildman–Crippen MR) is 93.7 cm³/mol. The van der Waals surface area contributed by atoms with Gasteiger partial charge in [-0.05, 0) is 25.5 Å². The second kappa shape index (κ2) is 9.42. The topological polar surface area (TPSA) is 69.9 Å². The molecule has 7 heteroatoms. The molecule has 0 fully saturated rings. The van der Waals surface area contributed by atoms with E-state index < -0.39 is 0 Å². The zero-order valence-corrected chi connectivity index (χ0v) is 15.2. The van der Waals surface area contributed by atoms with Gasteiger partial charge in [0.25, 0.3) is 0 Å². The second-order valence-electron chi connectivity index (χ2n) is 5.71. The van der Waals surface area contributed by atoms with Crippen molar-refractivity contribution in [2.75, 3.05) is 0 Å². The molecule has 0 aliphatic carbocycles. The molecule has 6 nitrogen and oxygen atoms in total. The van der Waals surface area contributed by atoms with Crippen molar-refractivity contribution in [3.05, 3.63) is 36.4 Å². The van der Waals surface area contributed by atoms with E-state index in [2.05, 4.69) is 22.1 Å². The van der Waals surface area contributed by atoms with Crippen molar-refractivity contribution >= 4 is 17.7 Å². The Bertz CT molecular complexity index is 633. The van der Waals surface area contributed by atoms with E-state index in [1.54, 1.807) is 17.1 Å². The third-order valence-electron chi connectivity index (χ3n) is 3.61. The number of hydrogen-bond donors (Lipinski definition) is 0. The normalized spacial score (nSPS) is 13.5. The van der Waals surface area contributed by atoms with Crippen LogP contribution in [-0.4, -0.2) is 37.1 Å². The first kappa shape index (κ1) is 18.4. The van der Waals surface area contributed by atoms with Crippen molar-refractivity contribution in [3.63, 3.8) is 0 Å². The molecule has 0 bridgehead atoms. The largest absolute Gasteiger partial charge is 0.461 e. The lowest BCUT2D eigenvalue weighted by atomic mass is 10.1.